The molecule has 2 N–H and O–H groups in total. The molecule has 0 bridgehead atoms. The predicted octanol–water partition coefficient (Wildman–Crippen LogP) is 1.79. The number of nitrogens with one attached hydrogen (secondary N) is 2. The van der Waals surface area contributed by atoms with Crippen LogP contribution in [0, 0.1) is 6.92 Å². The largest absolute Gasteiger partial charge is 0.376 e. The summed E-state index contributed by atoms with van der Waals surface area (Å²) >= 11 is 1.24. The second kappa shape index (κ2) is 7.67. The Kier molecular flexibility index (Phi) is 5.37. The van der Waals surface area contributed by atoms with Crippen LogP contribution in [0.1, 0.15) is 18.4 Å². The molecule has 24 heavy (non-hydrogen) atoms. The number of aromatic nitrogens is 3. The second-order valence-electron chi connectivity index (χ2n) is 5.76. The summed E-state index contributed by atoms with van der Waals surface area (Å²) < 4.78 is 7.10. The molecule has 1 aliphatic rings. The Morgan fingerprint density at radius 1 is 1.54 bits per heavy atom. The summed E-state index contributed by atoms with van der Waals surface area (Å²) in [5, 5.41) is 9.80. The van der Waals surface area contributed by atoms with Gasteiger partial charge in [-0.05, 0) is 37.5 Å². The summed E-state index contributed by atoms with van der Waals surface area (Å²) in [6, 6.07) is 7.62. The Labute approximate surface area is 143 Å². The van der Waals surface area contributed by atoms with E-state index in [1.165, 1.54) is 11.8 Å². The molecule has 0 spiro atoms. The first-order valence-electron chi connectivity index (χ1n) is 7.88. The molecule has 1 fully saturated rings. The van der Waals surface area contributed by atoms with Gasteiger partial charge >= 0.3 is 5.69 Å². The average Bonchev–Trinajstić information content (AvgIpc) is 3.17. The molecule has 1 aromatic carbocycles. The monoisotopic (exact) mass is 348 g/mol. The maximum Gasteiger partial charge on any atom is 0.344 e. The molecular weight excluding hydrogens is 328 g/mol. The van der Waals surface area contributed by atoms with Crippen LogP contribution in [0.4, 0.5) is 5.69 Å². The van der Waals surface area contributed by atoms with Gasteiger partial charge in [0.15, 0.2) is 5.16 Å². The van der Waals surface area contributed by atoms with Gasteiger partial charge in [0.25, 0.3) is 0 Å². The van der Waals surface area contributed by atoms with Gasteiger partial charge in [0.2, 0.25) is 5.91 Å². The number of ether oxygens (including phenoxy) is 1. The van der Waals surface area contributed by atoms with Crippen LogP contribution in [0.15, 0.2) is 34.2 Å². The van der Waals surface area contributed by atoms with Gasteiger partial charge in [0.1, 0.15) is 0 Å². The van der Waals surface area contributed by atoms with Crippen molar-refractivity contribution in [1.82, 2.24) is 14.8 Å². The molecule has 1 atom stereocenters. The Hall–Kier alpha value is -2.06. The van der Waals surface area contributed by atoms with Crippen LogP contribution in [0.2, 0.25) is 0 Å². The van der Waals surface area contributed by atoms with Crippen LogP contribution >= 0.6 is 11.8 Å². The van der Waals surface area contributed by atoms with Crippen molar-refractivity contribution in [3.05, 3.63) is 40.3 Å². The number of carbonyl (C=O) groups excluding carboxylic acids is 1. The first kappa shape index (κ1) is 16.8. The van der Waals surface area contributed by atoms with E-state index in [-0.39, 0.29) is 23.5 Å². The molecule has 8 heteroatoms. The van der Waals surface area contributed by atoms with Gasteiger partial charge in [-0.1, -0.05) is 23.9 Å². The number of rotatable bonds is 6. The van der Waals surface area contributed by atoms with Crippen LogP contribution in [-0.2, 0) is 16.1 Å². The average molecular weight is 348 g/mol. The summed E-state index contributed by atoms with van der Waals surface area (Å²) in [4.78, 5) is 24.0. The molecule has 0 saturated carbocycles. The van der Waals surface area contributed by atoms with Gasteiger partial charge < -0.3 is 10.1 Å². The molecule has 1 aliphatic heterocycles. The highest BCUT2D eigenvalue weighted by molar-refractivity contribution is 7.99. The lowest BCUT2D eigenvalue weighted by Crippen LogP contribution is -2.25. The van der Waals surface area contributed by atoms with Crippen molar-refractivity contribution < 1.29 is 9.53 Å². The van der Waals surface area contributed by atoms with E-state index in [0.717, 1.165) is 30.7 Å². The molecule has 1 saturated heterocycles. The maximum absolute atomic E-state index is 12.1. The standard InChI is InChI=1S/C16H20N4O3S/c1-11-4-2-5-12(8-11)17-14(21)10-24-16-19-18-15(22)20(16)9-13-6-3-7-23-13/h2,4-5,8,13H,3,6-7,9-10H2,1H3,(H,17,21)(H,18,22)/t13-/m0/s1. The molecular formula is C16H20N4O3S. The summed E-state index contributed by atoms with van der Waals surface area (Å²) in [5.41, 5.74) is 1.57. The third-order valence-corrected chi connectivity index (χ3v) is 4.74. The highest BCUT2D eigenvalue weighted by Crippen LogP contribution is 2.18. The highest BCUT2D eigenvalue weighted by atomic mass is 32.2. The molecule has 1 aromatic heterocycles. The van der Waals surface area contributed by atoms with Gasteiger partial charge in [0.05, 0.1) is 18.4 Å². The fraction of sp³-hybridized carbons (Fsp3) is 0.438. The van der Waals surface area contributed by atoms with Crippen molar-refractivity contribution in [2.45, 2.75) is 37.6 Å². The summed E-state index contributed by atoms with van der Waals surface area (Å²) in [6.45, 7) is 3.17. The number of benzene rings is 1. The molecule has 2 heterocycles. The van der Waals surface area contributed by atoms with Gasteiger partial charge in [-0.2, -0.15) is 0 Å². The van der Waals surface area contributed by atoms with Crippen LogP contribution in [-0.4, -0.2) is 39.1 Å². The van der Waals surface area contributed by atoms with Crippen molar-refractivity contribution in [3.8, 4) is 0 Å². The maximum atomic E-state index is 12.1. The van der Waals surface area contributed by atoms with Gasteiger partial charge in [-0.25, -0.2) is 9.89 Å². The minimum atomic E-state index is -0.271. The highest BCUT2D eigenvalue weighted by Gasteiger charge is 2.20. The quantitative estimate of drug-likeness (QED) is 0.777. The van der Waals surface area contributed by atoms with Crippen LogP contribution in [0.5, 0.6) is 0 Å². The lowest BCUT2D eigenvalue weighted by Gasteiger charge is -2.11. The van der Waals surface area contributed by atoms with Crippen LogP contribution in [0.25, 0.3) is 0 Å². The first-order valence-corrected chi connectivity index (χ1v) is 8.86. The zero-order valence-corrected chi connectivity index (χ0v) is 14.3. The topological polar surface area (TPSA) is 89.0 Å². The Bertz CT molecular complexity index is 765. The molecule has 3 rings (SSSR count). The molecule has 1 amide bonds. The number of nitrogens with zero attached hydrogens (tertiary/aromatic N) is 2. The van der Waals surface area contributed by atoms with Crippen LogP contribution < -0.4 is 11.0 Å². The number of H-pyrrole nitrogens is 1. The van der Waals surface area contributed by atoms with E-state index < -0.39 is 0 Å². The van der Waals surface area contributed by atoms with Crippen molar-refractivity contribution in [3.63, 3.8) is 0 Å². The lowest BCUT2D eigenvalue weighted by atomic mass is 10.2. The van der Waals surface area contributed by atoms with E-state index in [4.69, 9.17) is 4.74 Å². The zero-order chi connectivity index (χ0) is 16.9. The molecule has 0 aliphatic carbocycles. The number of thioether (sulfide) groups is 1. The van der Waals surface area contributed by atoms with Crippen molar-refractivity contribution in [2.75, 3.05) is 17.7 Å². The fourth-order valence-electron chi connectivity index (χ4n) is 2.62. The smallest absolute Gasteiger partial charge is 0.344 e. The van der Waals surface area contributed by atoms with E-state index in [0.29, 0.717) is 11.7 Å². The van der Waals surface area contributed by atoms with E-state index in [1.807, 2.05) is 31.2 Å². The van der Waals surface area contributed by atoms with Crippen molar-refractivity contribution in [1.29, 1.82) is 0 Å². The van der Waals surface area contributed by atoms with Crippen LogP contribution in [0.3, 0.4) is 0 Å². The molecule has 0 unspecified atom stereocenters. The first-order chi connectivity index (χ1) is 11.6. The molecule has 128 valence electrons. The number of hydrogen-bond donors (Lipinski definition) is 2. The number of amides is 1. The Balaban J connectivity index is 1.58. The number of carbonyl (C=O) groups is 1. The van der Waals surface area contributed by atoms with Gasteiger partial charge in [-0.3, -0.25) is 9.36 Å². The molecule has 7 nitrogen and oxygen atoms in total. The van der Waals surface area contributed by atoms with Gasteiger partial charge in [0, 0.05) is 12.3 Å². The molecule has 2 aromatic rings. The van der Waals surface area contributed by atoms with E-state index in [2.05, 4.69) is 15.5 Å². The number of aryl methyl sites for hydroxylation is 1. The van der Waals surface area contributed by atoms with Crippen molar-refractivity contribution in [2.24, 2.45) is 0 Å². The molecule has 0 radical (unpaired) electrons. The second-order valence-corrected chi connectivity index (χ2v) is 6.71. The predicted molar refractivity (Wildman–Crippen MR) is 92.4 cm³/mol. The van der Waals surface area contributed by atoms with Crippen molar-refractivity contribution >= 4 is 23.4 Å². The summed E-state index contributed by atoms with van der Waals surface area (Å²) in [7, 11) is 0. The summed E-state index contributed by atoms with van der Waals surface area (Å²) in [6.07, 6.45) is 1.99. The van der Waals surface area contributed by atoms with E-state index >= 15 is 0 Å². The van der Waals surface area contributed by atoms with E-state index in [9.17, 15) is 9.59 Å². The minimum Gasteiger partial charge on any atom is -0.376 e. The SMILES string of the molecule is Cc1cccc(NC(=O)CSc2n[nH]c(=O)n2C[C@@H]2CCCO2)c1. The third kappa shape index (κ3) is 4.27. The number of aromatic amines is 1. The zero-order valence-electron chi connectivity index (χ0n) is 13.4. The summed E-state index contributed by atoms with van der Waals surface area (Å²) in [5.74, 6) is 0.0498. The Morgan fingerprint density at radius 3 is 3.17 bits per heavy atom. The number of hydrogen-bond acceptors (Lipinski definition) is 5. The third-order valence-electron chi connectivity index (χ3n) is 3.77. The Morgan fingerprint density at radius 2 is 2.42 bits per heavy atom. The normalized spacial score (nSPS) is 17.1. The van der Waals surface area contributed by atoms with E-state index in [1.54, 1.807) is 4.57 Å². The lowest BCUT2D eigenvalue weighted by molar-refractivity contribution is -0.113. The minimum absolute atomic E-state index is 0.0424. The van der Waals surface area contributed by atoms with Gasteiger partial charge in [-0.15, -0.1) is 5.10 Å². The number of anilines is 1. The fourth-order valence-corrected chi connectivity index (χ4v) is 3.37.